The quantitative estimate of drug-likeness (QED) is 0.591. The molecule has 2 atom stereocenters. The van der Waals surface area contributed by atoms with E-state index >= 15 is 0 Å². The number of carbonyl (C=O) groups is 1. The molecule has 1 N–H and O–H groups in total. The highest BCUT2D eigenvalue weighted by atomic mass is 19.1. The standard InChI is InChI=1S/C6H9FO3/c7-4-1-2-10-5(3-4)6(8)9/h4-5H,1-3H2,(H,8,9). The van der Waals surface area contributed by atoms with Gasteiger partial charge in [-0.05, 0) is 0 Å². The zero-order valence-corrected chi connectivity index (χ0v) is 5.42. The van der Waals surface area contributed by atoms with Gasteiger partial charge in [-0.2, -0.15) is 0 Å². The molecule has 1 rings (SSSR count). The molecule has 0 bridgehead atoms. The van der Waals surface area contributed by atoms with Crippen LogP contribution in [0.25, 0.3) is 0 Å². The molecule has 0 saturated carbocycles. The van der Waals surface area contributed by atoms with Crippen LogP contribution in [0.1, 0.15) is 12.8 Å². The largest absolute Gasteiger partial charge is 0.479 e. The van der Waals surface area contributed by atoms with E-state index in [-0.39, 0.29) is 13.0 Å². The third kappa shape index (κ3) is 1.67. The summed E-state index contributed by atoms with van der Waals surface area (Å²) in [6.45, 7) is 0.220. The van der Waals surface area contributed by atoms with Crippen molar-refractivity contribution in [1.82, 2.24) is 0 Å². The monoisotopic (exact) mass is 148 g/mol. The SMILES string of the molecule is O=C(O)C1CC(F)CCO1. The van der Waals surface area contributed by atoms with E-state index in [1.54, 1.807) is 0 Å². The average molecular weight is 148 g/mol. The Kier molecular flexibility index (Phi) is 2.21. The van der Waals surface area contributed by atoms with Crippen LogP contribution in [0.15, 0.2) is 0 Å². The molecule has 1 aliphatic heterocycles. The second-order valence-electron chi connectivity index (χ2n) is 2.32. The summed E-state index contributed by atoms with van der Waals surface area (Å²) in [5.41, 5.74) is 0. The van der Waals surface area contributed by atoms with E-state index in [2.05, 4.69) is 0 Å². The lowest BCUT2D eigenvalue weighted by molar-refractivity contribution is -0.155. The molecule has 2 unspecified atom stereocenters. The van der Waals surface area contributed by atoms with E-state index in [9.17, 15) is 9.18 Å². The highest BCUT2D eigenvalue weighted by Gasteiger charge is 2.27. The van der Waals surface area contributed by atoms with Gasteiger partial charge in [0.1, 0.15) is 6.17 Å². The maximum Gasteiger partial charge on any atom is 0.332 e. The van der Waals surface area contributed by atoms with Crippen LogP contribution in [0, 0.1) is 0 Å². The van der Waals surface area contributed by atoms with Gasteiger partial charge in [0.2, 0.25) is 0 Å². The van der Waals surface area contributed by atoms with Crippen LogP contribution in [-0.2, 0) is 9.53 Å². The molecule has 1 heterocycles. The minimum absolute atomic E-state index is 0.00463. The average Bonchev–Trinajstić information content (AvgIpc) is 1.88. The van der Waals surface area contributed by atoms with Gasteiger partial charge in [-0.3, -0.25) is 0 Å². The van der Waals surface area contributed by atoms with E-state index < -0.39 is 18.2 Å². The minimum atomic E-state index is -1.07. The summed E-state index contributed by atoms with van der Waals surface area (Å²) in [4.78, 5) is 10.2. The maximum atomic E-state index is 12.5. The summed E-state index contributed by atoms with van der Waals surface area (Å²) in [5.74, 6) is -1.07. The van der Waals surface area contributed by atoms with E-state index in [0.29, 0.717) is 6.42 Å². The number of halogens is 1. The van der Waals surface area contributed by atoms with Crippen molar-refractivity contribution in [3.8, 4) is 0 Å². The highest BCUT2D eigenvalue weighted by molar-refractivity contribution is 5.72. The van der Waals surface area contributed by atoms with Gasteiger partial charge < -0.3 is 9.84 Å². The Morgan fingerprint density at radius 1 is 1.70 bits per heavy atom. The van der Waals surface area contributed by atoms with Gasteiger partial charge in [-0.25, -0.2) is 9.18 Å². The first-order valence-corrected chi connectivity index (χ1v) is 3.18. The smallest absolute Gasteiger partial charge is 0.332 e. The van der Waals surface area contributed by atoms with Gasteiger partial charge in [0.25, 0.3) is 0 Å². The fourth-order valence-corrected chi connectivity index (χ4v) is 0.928. The lowest BCUT2D eigenvalue weighted by Gasteiger charge is -2.21. The van der Waals surface area contributed by atoms with Crippen molar-refractivity contribution < 1.29 is 19.0 Å². The Balaban J connectivity index is 2.39. The van der Waals surface area contributed by atoms with Crippen LogP contribution in [0.3, 0.4) is 0 Å². The number of hydrogen-bond acceptors (Lipinski definition) is 2. The summed E-state index contributed by atoms with van der Waals surface area (Å²) in [7, 11) is 0. The predicted octanol–water partition coefficient (Wildman–Crippen LogP) is 0.588. The number of carboxylic acid groups (broad SMARTS) is 1. The number of carboxylic acids is 1. The Hall–Kier alpha value is -0.640. The fourth-order valence-electron chi connectivity index (χ4n) is 0.928. The molecule has 1 aliphatic rings. The molecule has 1 saturated heterocycles. The molecule has 58 valence electrons. The minimum Gasteiger partial charge on any atom is -0.479 e. The van der Waals surface area contributed by atoms with Gasteiger partial charge in [-0.15, -0.1) is 0 Å². The first kappa shape index (κ1) is 7.47. The van der Waals surface area contributed by atoms with Gasteiger partial charge in [0, 0.05) is 12.8 Å². The van der Waals surface area contributed by atoms with Crippen molar-refractivity contribution in [2.75, 3.05) is 6.61 Å². The Morgan fingerprint density at radius 2 is 2.40 bits per heavy atom. The zero-order chi connectivity index (χ0) is 7.56. The fraction of sp³-hybridized carbons (Fsp3) is 0.833. The number of alkyl halides is 1. The molecule has 4 heteroatoms. The first-order valence-electron chi connectivity index (χ1n) is 3.18. The van der Waals surface area contributed by atoms with Crippen LogP contribution in [0.5, 0.6) is 0 Å². The third-order valence-electron chi connectivity index (χ3n) is 1.50. The lowest BCUT2D eigenvalue weighted by atomic mass is 10.1. The number of aliphatic carboxylic acids is 1. The van der Waals surface area contributed by atoms with Crippen LogP contribution in [0.4, 0.5) is 4.39 Å². The molecule has 0 radical (unpaired) electrons. The van der Waals surface area contributed by atoms with Crippen molar-refractivity contribution in [3.63, 3.8) is 0 Å². The molecule has 0 spiro atoms. The zero-order valence-electron chi connectivity index (χ0n) is 5.42. The molecule has 1 fully saturated rings. The van der Waals surface area contributed by atoms with E-state index in [1.165, 1.54) is 0 Å². The summed E-state index contributed by atoms with van der Waals surface area (Å²) in [6.07, 6.45) is -1.61. The molecule has 0 aromatic rings. The Bertz CT molecular complexity index is 137. The van der Waals surface area contributed by atoms with Crippen LogP contribution < -0.4 is 0 Å². The highest BCUT2D eigenvalue weighted by Crippen LogP contribution is 2.16. The molecule has 0 aliphatic carbocycles. The van der Waals surface area contributed by atoms with Gasteiger partial charge in [0.05, 0.1) is 6.61 Å². The lowest BCUT2D eigenvalue weighted by Crippen LogP contribution is -2.32. The Morgan fingerprint density at radius 3 is 2.80 bits per heavy atom. The molecule has 0 amide bonds. The Labute approximate surface area is 57.8 Å². The molecule has 0 aromatic heterocycles. The second kappa shape index (κ2) is 2.96. The van der Waals surface area contributed by atoms with Gasteiger partial charge in [-0.1, -0.05) is 0 Å². The van der Waals surface area contributed by atoms with Crippen molar-refractivity contribution in [2.45, 2.75) is 25.1 Å². The van der Waals surface area contributed by atoms with Gasteiger partial charge >= 0.3 is 5.97 Å². The topological polar surface area (TPSA) is 46.5 Å². The summed E-state index contributed by atoms with van der Waals surface area (Å²) in [5, 5.41) is 8.36. The summed E-state index contributed by atoms with van der Waals surface area (Å²) < 4.78 is 17.2. The molecular weight excluding hydrogens is 139 g/mol. The van der Waals surface area contributed by atoms with Crippen molar-refractivity contribution >= 4 is 5.97 Å². The molecule has 3 nitrogen and oxygen atoms in total. The summed E-state index contributed by atoms with van der Waals surface area (Å²) >= 11 is 0. The van der Waals surface area contributed by atoms with Crippen molar-refractivity contribution in [1.29, 1.82) is 0 Å². The van der Waals surface area contributed by atoms with Crippen molar-refractivity contribution in [2.24, 2.45) is 0 Å². The van der Waals surface area contributed by atoms with E-state index in [1.807, 2.05) is 0 Å². The third-order valence-corrected chi connectivity index (χ3v) is 1.50. The number of ether oxygens (including phenoxy) is 1. The molecule has 0 aromatic carbocycles. The normalized spacial score (nSPS) is 33.7. The maximum absolute atomic E-state index is 12.5. The van der Waals surface area contributed by atoms with Crippen molar-refractivity contribution in [3.05, 3.63) is 0 Å². The molecule has 10 heavy (non-hydrogen) atoms. The van der Waals surface area contributed by atoms with Crippen LogP contribution >= 0.6 is 0 Å². The predicted molar refractivity (Wildman–Crippen MR) is 31.5 cm³/mol. The number of rotatable bonds is 1. The van der Waals surface area contributed by atoms with Gasteiger partial charge in [0.15, 0.2) is 6.10 Å². The summed E-state index contributed by atoms with van der Waals surface area (Å²) in [6, 6.07) is 0. The van der Waals surface area contributed by atoms with E-state index in [4.69, 9.17) is 9.84 Å². The second-order valence-corrected chi connectivity index (χ2v) is 2.32. The molecular formula is C6H9FO3. The number of hydrogen-bond donors (Lipinski definition) is 1. The first-order chi connectivity index (χ1) is 4.70. The van der Waals surface area contributed by atoms with Crippen LogP contribution in [0.2, 0.25) is 0 Å². The van der Waals surface area contributed by atoms with E-state index in [0.717, 1.165) is 0 Å². The van der Waals surface area contributed by atoms with Crippen LogP contribution in [-0.4, -0.2) is 30.0 Å².